The molecule has 0 fully saturated rings. The van der Waals surface area contributed by atoms with Crippen molar-refractivity contribution in [1.82, 2.24) is 4.90 Å². The molecule has 100 valence electrons. The third-order valence-corrected chi connectivity index (χ3v) is 2.93. The molecule has 18 heavy (non-hydrogen) atoms. The Labute approximate surface area is 109 Å². The molecule has 4 heteroatoms. The van der Waals surface area contributed by atoms with E-state index in [-0.39, 0.29) is 5.91 Å². The molecule has 0 aliphatic rings. The smallest absolute Gasteiger partial charge is 0.241 e. The fraction of sp³-hybridized carbons (Fsp3) is 0.500. The molecule has 1 amide bonds. The van der Waals surface area contributed by atoms with Gasteiger partial charge in [-0.2, -0.15) is 0 Å². The SMILES string of the molecule is CCN(CC(=O)N(C)C)c1ccccc1[C@@H](C)O. The van der Waals surface area contributed by atoms with E-state index in [0.29, 0.717) is 6.54 Å². The standard InChI is InChI=1S/C14H22N2O2/c1-5-16(10-14(18)15(3)4)13-9-7-6-8-12(13)11(2)17/h6-9,11,17H,5,10H2,1-4H3/t11-/m1/s1. The van der Waals surface area contributed by atoms with Crippen LogP contribution in [0.4, 0.5) is 5.69 Å². The molecule has 0 aromatic heterocycles. The summed E-state index contributed by atoms with van der Waals surface area (Å²) in [6, 6.07) is 7.65. The lowest BCUT2D eigenvalue weighted by Gasteiger charge is -2.27. The number of aliphatic hydroxyl groups excluding tert-OH is 1. The molecular weight excluding hydrogens is 228 g/mol. The third kappa shape index (κ3) is 3.47. The number of para-hydroxylation sites is 1. The highest BCUT2D eigenvalue weighted by Crippen LogP contribution is 2.25. The fourth-order valence-electron chi connectivity index (χ4n) is 1.80. The molecule has 1 aromatic rings. The molecule has 0 aliphatic heterocycles. The van der Waals surface area contributed by atoms with Crippen LogP contribution >= 0.6 is 0 Å². The van der Waals surface area contributed by atoms with E-state index in [1.165, 1.54) is 0 Å². The van der Waals surface area contributed by atoms with Crippen molar-refractivity contribution in [3.63, 3.8) is 0 Å². The number of carbonyl (C=O) groups is 1. The van der Waals surface area contributed by atoms with Crippen LogP contribution in [0.2, 0.25) is 0 Å². The summed E-state index contributed by atoms with van der Waals surface area (Å²) >= 11 is 0. The largest absolute Gasteiger partial charge is 0.389 e. The van der Waals surface area contributed by atoms with Crippen molar-refractivity contribution in [2.45, 2.75) is 20.0 Å². The molecule has 1 rings (SSSR count). The second-order valence-corrected chi connectivity index (χ2v) is 4.54. The summed E-state index contributed by atoms with van der Waals surface area (Å²) in [6.45, 7) is 4.79. The van der Waals surface area contributed by atoms with Gasteiger partial charge in [-0.3, -0.25) is 4.79 Å². The van der Waals surface area contributed by atoms with Crippen LogP contribution in [-0.4, -0.2) is 43.1 Å². The third-order valence-electron chi connectivity index (χ3n) is 2.93. The van der Waals surface area contributed by atoms with Crippen LogP contribution in [-0.2, 0) is 4.79 Å². The lowest BCUT2D eigenvalue weighted by atomic mass is 10.1. The lowest BCUT2D eigenvalue weighted by molar-refractivity contribution is -0.127. The van der Waals surface area contributed by atoms with Gasteiger partial charge in [0, 0.05) is 31.9 Å². The minimum absolute atomic E-state index is 0.0530. The van der Waals surface area contributed by atoms with Gasteiger partial charge in [-0.05, 0) is 19.9 Å². The highest BCUT2D eigenvalue weighted by atomic mass is 16.3. The van der Waals surface area contributed by atoms with Crippen molar-refractivity contribution in [3.8, 4) is 0 Å². The Balaban J connectivity index is 2.98. The van der Waals surface area contributed by atoms with Gasteiger partial charge in [0.25, 0.3) is 0 Å². The van der Waals surface area contributed by atoms with Crippen LogP contribution in [0.25, 0.3) is 0 Å². The fourth-order valence-corrected chi connectivity index (χ4v) is 1.80. The van der Waals surface area contributed by atoms with Gasteiger partial charge in [0.05, 0.1) is 12.6 Å². The van der Waals surface area contributed by atoms with Crippen LogP contribution in [0.15, 0.2) is 24.3 Å². The van der Waals surface area contributed by atoms with E-state index < -0.39 is 6.10 Å². The van der Waals surface area contributed by atoms with E-state index in [1.807, 2.05) is 36.1 Å². The molecule has 0 saturated carbocycles. The number of amides is 1. The van der Waals surface area contributed by atoms with Crippen LogP contribution in [0, 0.1) is 0 Å². The first-order chi connectivity index (χ1) is 8.47. The number of rotatable bonds is 5. The summed E-state index contributed by atoms with van der Waals surface area (Å²) in [5.74, 6) is 0.0530. The van der Waals surface area contributed by atoms with Crippen LogP contribution < -0.4 is 4.90 Å². The predicted octanol–water partition coefficient (Wildman–Crippen LogP) is 1.65. The van der Waals surface area contributed by atoms with Crippen LogP contribution in [0.3, 0.4) is 0 Å². The van der Waals surface area contributed by atoms with Crippen molar-refractivity contribution in [1.29, 1.82) is 0 Å². The number of likely N-dealkylation sites (N-methyl/N-ethyl adjacent to an activating group) is 2. The summed E-state index contributed by atoms with van der Waals surface area (Å²) in [4.78, 5) is 15.3. The minimum atomic E-state index is -0.537. The average Bonchev–Trinajstić information content (AvgIpc) is 2.35. The summed E-state index contributed by atoms with van der Waals surface area (Å²) in [5.41, 5.74) is 1.77. The molecule has 1 atom stereocenters. The average molecular weight is 250 g/mol. The molecule has 4 nitrogen and oxygen atoms in total. The van der Waals surface area contributed by atoms with E-state index in [2.05, 4.69) is 0 Å². The van der Waals surface area contributed by atoms with Gasteiger partial charge in [0.2, 0.25) is 5.91 Å². The van der Waals surface area contributed by atoms with E-state index in [0.717, 1.165) is 17.8 Å². The first kappa shape index (κ1) is 14.5. The highest BCUT2D eigenvalue weighted by Gasteiger charge is 2.16. The Morgan fingerprint density at radius 2 is 1.94 bits per heavy atom. The van der Waals surface area contributed by atoms with E-state index in [9.17, 15) is 9.90 Å². The first-order valence-corrected chi connectivity index (χ1v) is 6.19. The maximum atomic E-state index is 11.8. The topological polar surface area (TPSA) is 43.8 Å². The quantitative estimate of drug-likeness (QED) is 0.864. The molecule has 1 aromatic carbocycles. The normalized spacial score (nSPS) is 12.1. The minimum Gasteiger partial charge on any atom is -0.389 e. The highest BCUT2D eigenvalue weighted by molar-refractivity contribution is 5.81. The Kier molecular flexibility index (Phi) is 5.16. The number of benzene rings is 1. The maximum absolute atomic E-state index is 11.8. The number of anilines is 1. The molecule has 0 saturated heterocycles. The second kappa shape index (κ2) is 6.40. The molecule has 0 bridgehead atoms. The molecule has 1 N–H and O–H groups in total. The lowest BCUT2D eigenvalue weighted by Crippen LogP contribution is -2.37. The van der Waals surface area contributed by atoms with Gasteiger partial charge >= 0.3 is 0 Å². The zero-order chi connectivity index (χ0) is 13.7. The molecule has 0 aliphatic carbocycles. The number of nitrogens with zero attached hydrogens (tertiary/aromatic N) is 2. The molecule has 0 unspecified atom stereocenters. The number of hydrogen-bond acceptors (Lipinski definition) is 3. The monoisotopic (exact) mass is 250 g/mol. The Bertz CT molecular complexity index is 403. The Morgan fingerprint density at radius 1 is 1.33 bits per heavy atom. The van der Waals surface area contributed by atoms with E-state index in [4.69, 9.17) is 0 Å². The van der Waals surface area contributed by atoms with Crippen molar-refractivity contribution >= 4 is 11.6 Å². The molecule has 0 radical (unpaired) electrons. The van der Waals surface area contributed by atoms with Crippen LogP contribution in [0.1, 0.15) is 25.5 Å². The zero-order valence-electron chi connectivity index (χ0n) is 11.6. The zero-order valence-corrected chi connectivity index (χ0v) is 11.6. The van der Waals surface area contributed by atoms with Gasteiger partial charge in [0.1, 0.15) is 0 Å². The van der Waals surface area contributed by atoms with E-state index >= 15 is 0 Å². The van der Waals surface area contributed by atoms with Gasteiger partial charge in [-0.15, -0.1) is 0 Å². The Morgan fingerprint density at radius 3 is 2.44 bits per heavy atom. The van der Waals surface area contributed by atoms with Crippen molar-refractivity contribution in [2.24, 2.45) is 0 Å². The van der Waals surface area contributed by atoms with Crippen molar-refractivity contribution in [2.75, 3.05) is 32.1 Å². The number of aliphatic hydroxyl groups is 1. The second-order valence-electron chi connectivity index (χ2n) is 4.54. The van der Waals surface area contributed by atoms with Crippen molar-refractivity contribution < 1.29 is 9.90 Å². The Hall–Kier alpha value is -1.55. The summed E-state index contributed by atoms with van der Waals surface area (Å²) in [7, 11) is 3.49. The summed E-state index contributed by atoms with van der Waals surface area (Å²) in [6.07, 6.45) is -0.537. The summed E-state index contributed by atoms with van der Waals surface area (Å²) in [5, 5.41) is 9.77. The van der Waals surface area contributed by atoms with Gasteiger partial charge in [-0.1, -0.05) is 18.2 Å². The van der Waals surface area contributed by atoms with E-state index in [1.54, 1.807) is 25.9 Å². The predicted molar refractivity (Wildman–Crippen MR) is 73.7 cm³/mol. The first-order valence-electron chi connectivity index (χ1n) is 6.19. The molecular formula is C14H22N2O2. The number of carbonyl (C=O) groups excluding carboxylic acids is 1. The molecule has 0 heterocycles. The maximum Gasteiger partial charge on any atom is 0.241 e. The van der Waals surface area contributed by atoms with Crippen LogP contribution in [0.5, 0.6) is 0 Å². The van der Waals surface area contributed by atoms with Crippen molar-refractivity contribution in [3.05, 3.63) is 29.8 Å². The van der Waals surface area contributed by atoms with Gasteiger partial charge in [-0.25, -0.2) is 0 Å². The molecule has 0 spiro atoms. The van der Waals surface area contributed by atoms with Gasteiger partial charge in [0.15, 0.2) is 0 Å². The van der Waals surface area contributed by atoms with Gasteiger partial charge < -0.3 is 14.9 Å². The number of hydrogen-bond donors (Lipinski definition) is 1. The summed E-state index contributed by atoms with van der Waals surface area (Å²) < 4.78 is 0.